The molecule has 1 aliphatic rings. The van der Waals surface area contributed by atoms with Crippen LogP contribution in [0.4, 0.5) is 4.79 Å². The number of carbonyl (C=O) groups is 1. The monoisotopic (exact) mass is 251 g/mol. The van der Waals surface area contributed by atoms with Crippen molar-refractivity contribution in [2.24, 2.45) is 5.41 Å². The lowest BCUT2D eigenvalue weighted by Gasteiger charge is -2.38. The van der Waals surface area contributed by atoms with Crippen molar-refractivity contribution in [1.29, 1.82) is 0 Å². The van der Waals surface area contributed by atoms with Crippen LogP contribution in [0.3, 0.4) is 0 Å². The minimum Gasteiger partial charge on any atom is -0.504 e. The molecule has 1 aromatic carbocycles. The summed E-state index contributed by atoms with van der Waals surface area (Å²) in [5.41, 5.74) is 0.655. The van der Waals surface area contributed by atoms with Gasteiger partial charge in [-0.3, -0.25) is 0 Å². The van der Waals surface area contributed by atoms with Crippen LogP contribution in [-0.4, -0.2) is 24.9 Å². The summed E-state index contributed by atoms with van der Waals surface area (Å²) in [6.45, 7) is 4.37. The molecule has 98 valence electrons. The first-order valence-corrected chi connectivity index (χ1v) is 5.74. The molecule has 2 rings (SSSR count). The van der Waals surface area contributed by atoms with Gasteiger partial charge in [-0.05, 0) is 17.7 Å². The zero-order chi connectivity index (χ0) is 13.3. The summed E-state index contributed by atoms with van der Waals surface area (Å²) in [7, 11) is 1.49. The number of hydrogen-bond acceptors (Lipinski definition) is 4. The number of alkyl carbamates (subject to hydrolysis) is 1. The van der Waals surface area contributed by atoms with Crippen molar-refractivity contribution in [3.8, 4) is 11.5 Å². The number of nitrogens with one attached hydrogen (secondary N) is 1. The lowest BCUT2D eigenvalue weighted by atomic mass is 9.80. The number of ether oxygens (including phenoxy) is 2. The van der Waals surface area contributed by atoms with Crippen LogP contribution in [0.25, 0.3) is 0 Å². The molecule has 5 nitrogen and oxygen atoms in total. The predicted molar refractivity (Wildman–Crippen MR) is 65.7 cm³/mol. The first kappa shape index (κ1) is 12.5. The molecule has 0 bridgehead atoms. The van der Waals surface area contributed by atoms with Gasteiger partial charge < -0.3 is 19.9 Å². The first-order chi connectivity index (χ1) is 8.44. The number of phenols is 1. The van der Waals surface area contributed by atoms with E-state index in [0.717, 1.165) is 5.56 Å². The van der Waals surface area contributed by atoms with Gasteiger partial charge in [0.2, 0.25) is 0 Å². The Hall–Kier alpha value is -1.91. The molecule has 0 aliphatic carbocycles. The molecule has 1 atom stereocenters. The van der Waals surface area contributed by atoms with Crippen molar-refractivity contribution < 1.29 is 19.4 Å². The highest BCUT2D eigenvalue weighted by Crippen LogP contribution is 2.39. The zero-order valence-electron chi connectivity index (χ0n) is 10.7. The third kappa shape index (κ3) is 2.20. The molecule has 1 aliphatic heterocycles. The molecule has 0 saturated carbocycles. The summed E-state index contributed by atoms with van der Waals surface area (Å²) in [6, 6.07) is 4.89. The van der Waals surface area contributed by atoms with Gasteiger partial charge in [0.1, 0.15) is 6.61 Å². The van der Waals surface area contributed by atoms with Crippen LogP contribution < -0.4 is 10.1 Å². The molecule has 1 fully saturated rings. The van der Waals surface area contributed by atoms with Crippen molar-refractivity contribution >= 4 is 6.09 Å². The van der Waals surface area contributed by atoms with Gasteiger partial charge >= 0.3 is 6.09 Å². The molecule has 0 radical (unpaired) electrons. The lowest BCUT2D eigenvalue weighted by Crippen LogP contribution is -2.46. The number of aromatic hydroxyl groups is 1. The summed E-state index contributed by atoms with van der Waals surface area (Å²) in [6.07, 6.45) is -0.425. The van der Waals surface area contributed by atoms with E-state index in [1.807, 2.05) is 13.8 Å². The summed E-state index contributed by atoms with van der Waals surface area (Å²) in [5, 5.41) is 12.4. The number of phenolic OH excluding ortho intramolecular Hbond substituents is 1. The SMILES string of the molecule is COc1cc([C@@H]2NC(=O)OCC2(C)C)ccc1O. The van der Waals surface area contributed by atoms with E-state index >= 15 is 0 Å². The Kier molecular flexibility index (Phi) is 3.07. The highest BCUT2D eigenvalue weighted by molar-refractivity contribution is 5.69. The summed E-state index contributed by atoms with van der Waals surface area (Å²) >= 11 is 0. The van der Waals surface area contributed by atoms with E-state index in [2.05, 4.69) is 5.32 Å². The van der Waals surface area contributed by atoms with Crippen molar-refractivity contribution in [2.75, 3.05) is 13.7 Å². The molecule has 1 heterocycles. The number of amides is 1. The van der Waals surface area contributed by atoms with E-state index < -0.39 is 6.09 Å². The van der Waals surface area contributed by atoms with E-state index in [1.54, 1.807) is 18.2 Å². The Bertz CT molecular complexity index is 470. The van der Waals surface area contributed by atoms with Crippen molar-refractivity contribution in [2.45, 2.75) is 19.9 Å². The minimum atomic E-state index is -0.425. The number of cyclic esters (lactones) is 1. The largest absolute Gasteiger partial charge is 0.504 e. The van der Waals surface area contributed by atoms with Crippen LogP contribution in [0, 0.1) is 5.41 Å². The summed E-state index contributed by atoms with van der Waals surface area (Å²) in [4.78, 5) is 11.3. The maximum Gasteiger partial charge on any atom is 0.407 e. The molecule has 18 heavy (non-hydrogen) atoms. The topological polar surface area (TPSA) is 67.8 Å². The van der Waals surface area contributed by atoms with Gasteiger partial charge in [0.15, 0.2) is 11.5 Å². The molecular formula is C13H17NO4. The molecule has 0 aromatic heterocycles. The van der Waals surface area contributed by atoms with Crippen molar-refractivity contribution in [3.63, 3.8) is 0 Å². The Morgan fingerprint density at radius 3 is 2.89 bits per heavy atom. The molecule has 2 N–H and O–H groups in total. The molecule has 5 heteroatoms. The average Bonchev–Trinajstić information content (AvgIpc) is 2.33. The number of methoxy groups -OCH3 is 1. The number of rotatable bonds is 2. The molecular weight excluding hydrogens is 234 g/mol. The van der Waals surface area contributed by atoms with Gasteiger partial charge in [0.25, 0.3) is 0 Å². The smallest absolute Gasteiger partial charge is 0.407 e. The highest BCUT2D eigenvalue weighted by atomic mass is 16.6. The van der Waals surface area contributed by atoms with Crippen LogP contribution in [0.1, 0.15) is 25.5 Å². The predicted octanol–water partition coefficient (Wildman–Crippen LogP) is 2.21. The van der Waals surface area contributed by atoms with Gasteiger partial charge in [0.05, 0.1) is 13.2 Å². The third-order valence-corrected chi connectivity index (χ3v) is 3.16. The Balaban J connectivity index is 2.37. The summed E-state index contributed by atoms with van der Waals surface area (Å²) < 4.78 is 10.1. The van der Waals surface area contributed by atoms with E-state index in [0.29, 0.717) is 12.4 Å². The molecule has 1 saturated heterocycles. The maximum atomic E-state index is 11.3. The molecule has 1 amide bonds. The average molecular weight is 251 g/mol. The van der Waals surface area contributed by atoms with Crippen LogP contribution in [0.15, 0.2) is 18.2 Å². The number of carbonyl (C=O) groups excluding carboxylic acids is 1. The van der Waals surface area contributed by atoms with Crippen LogP contribution in [0.5, 0.6) is 11.5 Å². The maximum absolute atomic E-state index is 11.3. The second-order valence-electron chi connectivity index (χ2n) is 5.07. The van der Waals surface area contributed by atoms with Crippen molar-refractivity contribution in [1.82, 2.24) is 5.32 Å². The number of benzene rings is 1. The van der Waals surface area contributed by atoms with E-state index in [9.17, 15) is 9.90 Å². The van der Waals surface area contributed by atoms with Gasteiger partial charge in [-0.15, -0.1) is 0 Å². The highest BCUT2D eigenvalue weighted by Gasteiger charge is 2.38. The third-order valence-electron chi connectivity index (χ3n) is 3.16. The van der Waals surface area contributed by atoms with Crippen LogP contribution >= 0.6 is 0 Å². The summed E-state index contributed by atoms with van der Waals surface area (Å²) in [5.74, 6) is 0.474. The fourth-order valence-corrected chi connectivity index (χ4v) is 2.10. The lowest BCUT2D eigenvalue weighted by molar-refractivity contribution is 0.0387. The molecule has 1 aromatic rings. The first-order valence-electron chi connectivity index (χ1n) is 5.74. The number of hydrogen-bond donors (Lipinski definition) is 2. The molecule has 0 spiro atoms. The Morgan fingerprint density at radius 1 is 1.50 bits per heavy atom. The van der Waals surface area contributed by atoms with E-state index in [4.69, 9.17) is 9.47 Å². The van der Waals surface area contributed by atoms with E-state index in [-0.39, 0.29) is 17.2 Å². The van der Waals surface area contributed by atoms with Crippen molar-refractivity contribution in [3.05, 3.63) is 23.8 Å². The van der Waals surface area contributed by atoms with Crippen LogP contribution in [-0.2, 0) is 4.74 Å². The second-order valence-corrected chi connectivity index (χ2v) is 5.07. The Morgan fingerprint density at radius 2 is 2.22 bits per heavy atom. The van der Waals surface area contributed by atoms with Gasteiger partial charge in [-0.2, -0.15) is 0 Å². The van der Waals surface area contributed by atoms with Gasteiger partial charge in [0, 0.05) is 5.41 Å². The quantitative estimate of drug-likeness (QED) is 0.845. The normalized spacial score (nSPS) is 21.9. The minimum absolute atomic E-state index is 0.0810. The fourth-order valence-electron chi connectivity index (χ4n) is 2.10. The Labute approximate surface area is 106 Å². The van der Waals surface area contributed by atoms with Gasteiger partial charge in [-0.25, -0.2) is 4.79 Å². The van der Waals surface area contributed by atoms with E-state index in [1.165, 1.54) is 7.11 Å². The van der Waals surface area contributed by atoms with Gasteiger partial charge in [-0.1, -0.05) is 19.9 Å². The standard InChI is InChI=1S/C13H17NO4/c1-13(2)7-18-12(16)14-11(13)8-4-5-9(15)10(6-8)17-3/h4-6,11,15H,7H2,1-3H3,(H,14,16)/t11-/m0/s1. The fraction of sp³-hybridized carbons (Fsp3) is 0.462. The zero-order valence-corrected chi connectivity index (χ0v) is 10.7. The second kappa shape index (κ2) is 4.40. The molecule has 0 unspecified atom stereocenters. The van der Waals surface area contributed by atoms with Crippen LogP contribution in [0.2, 0.25) is 0 Å².